The molecule has 0 spiro atoms. The number of nitrogens with zero attached hydrogens (tertiary/aromatic N) is 1. The minimum atomic E-state index is -2.00. The molecule has 2 aromatic rings. The number of rotatable bonds is 5. The number of aliphatic hydroxyl groups excluding tert-OH is 1. The number of hydrogen-bond acceptors (Lipinski definition) is 12. The zero-order chi connectivity index (χ0) is 30.8. The molecule has 0 amide bonds. The van der Waals surface area contributed by atoms with Crippen molar-refractivity contribution in [2.75, 3.05) is 33.4 Å². The average Bonchev–Trinajstić information content (AvgIpc) is 2.99. The number of benzene rings is 2. The molecule has 0 radical (unpaired) electrons. The molecule has 0 aromatic heterocycles. The molecular formula is C31H36ClNO11. The van der Waals surface area contributed by atoms with Crippen LogP contribution in [0.4, 0.5) is 0 Å². The first-order valence-electron chi connectivity index (χ1n) is 14.4. The van der Waals surface area contributed by atoms with Gasteiger partial charge in [0.2, 0.25) is 5.78 Å². The van der Waals surface area contributed by atoms with Gasteiger partial charge in [-0.2, -0.15) is 0 Å². The predicted octanol–water partition coefficient (Wildman–Crippen LogP) is 1.82. The number of phenolic OH excluding ortho intramolecular Hbond substituents is 2. The average molecular weight is 634 g/mol. The van der Waals surface area contributed by atoms with Gasteiger partial charge < -0.3 is 39.4 Å². The molecule has 2 heterocycles. The highest BCUT2D eigenvalue weighted by atomic mass is 35.5. The monoisotopic (exact) mass is 633 g/mol. The van der Waals surface area contributed by atoms with Gasteiger partial charge in [-0.25, -0.2) is 0 Å². The number of aliphatic hydroxyl groups is 2. The Hall–Kier alpha value is -3.10. The summed E-state index contributed by atoms with van der Waals surface area (Å²) in [7, 11) is 1.35. The van der Waals surface area contributed by atoms with Crippen LogP contribution in [0.3, 0.4) is 0 Å². The maximum atomic E-state index is 13.8. The molecule has 0 bridgehead atoms. The smallest absolute Gasteiger partial charge is 0.202 e. The van der Waals surface area contributed by atoms with E-state index >= 15 is 0 Å². The number of halogens is 1. The van der Waals surface area contributed by atoms with Crippen molar-refractivity contribution in [2.45, 2.75) is 69.4 Å². The number of carbonyl (C=O) groups is 3. The van der Waals surface area contributed by atoms with Gasteiger partial charge in [0, 0.05) is 55.1 Å². The van der Waals surface area contributed by atoms with Crippen LogP contribution in [0.25, 0.3) is 0 Å². The summed E-state index contributed by atoms with van der Waals surface area (Å²) in [5, 5.41) is 45.5. The molecule has 13 heteroatoms. The minimum absolute atomic E-state index is 0. The second-order valence-corrected chi connectivity index (χ2v) is 11.7. The van der Waals surface area contributed by atoms with E-state index in [1.807, 2.05) is 0 Å². The van der Waals surface area contributed by atoms with Crippen LogP contribution in [0.5, 0.6) is 17.2 Å². The van der Waals surface area contributed by atoms with E-state index in [1.54, 1.807) is 6.92 Å². The van der Waals surface area contributed by atoms with E-state index in [4.69, 9.17) is 18.9 Å². The van der Waals surface area contributed by atoms with Crippen molar-refractivity contribution in [3.8, 4) is 17.2 Å². The molecule has 4 aliphatic rings. The number of aromatic hydroxyl groups is 2. The Kier molecular flexibility index (Phi) is 8.82. The van der Waals surface area contributed by atoms with E-state index in [9.17, 15) is 34.8 Å². The third-order valence-electron chi connectivity index (χ3n) is 9.24. The number of morpholine rings is 1. The van der Waals surface area contributed by atoms with Crippen LogP contribution in [-0.4, -0.2) is 106 Å². The highest BCUT2D eigenvalue weighted by Gasteiger charge is 2.50. The molecule has 2 saturated heterocycles. The molecule has 2 aromatic carbocycles. The summed E-state index contributed by atoms with van der Waals surface area (Å²) >= 11 is 0. The molecule has 12 nitrogen and oxygen atoms in total. The van der Waals surface area contributed by atoms with E-state index < -0.39 is 76.6 Å². The first-order chi connectivity index (χ1) is 20.5. The Bertz CT molecular complexity index is 1510. The second-order valence-electron chi connectivity index (χ2n) is 11.7. The largest absolute Gasteiger partial charge is 0.507 e. The lowest BCUT2D eigenvalue weighted by molar-refractivity contribution is -0.260. The van der Waals surface area contributed by atoms with Gasteiger partial charge in [-0.1, -0.05) is 12.1 Å². The van der Waals surface area contributed by atoms with E-state index in [2.05, 4.69) is 4.90 Å². The van der Waals surface area contributed by atoms with E-state index in [0.29, 0.717) is 26.3 Å². The van der Waals surface area contributed by atoms with Crippen LogP contribution in [0, 0.1) is 0 Å². The van der Waals surface area contributed by atoms with E-state index in [-0.39, 0.29) is 59.3 Å². The number of fused-ring (bicyclic) bond motifs is 3. The van der Waals surface area contributed by atoms with Gasteiger partial charge in [0.05, 0.1) is 55.3 Å². The van der Waals surface area contributed by atoms with Gasteiger partial charge >= 0.3 is 0 Å². The third-order valence-corrected chi connectivity index (χ3v) is 9.24. The quantitative estimate of drug-likeness (QED) is 0.301. The molecule has 238 valence electrons. The topological polar surface area (TPSA) is 172 Å². The van der Waals surface area contributed by atoms with Crippen molar-refractivity contribution < 1.29 is 53.8 Å². The first kappa shape index (κ1) is 32.3. The van der Waals surface area contributed by atoms with Gasteiger partial charge in [0.25, 0.3) is 0 Å². The van der Waals surface area contributed by atoms with Crippen molar-refractivity contribution in [2.24, 2.45) is 0 Å². The highest BCUT2D eigenvalue weighted by molar-refractivity contribution is 6.31. The van der Waals surface area contributed by atoms with Crippen molar-refractivity contribution in [1.29, 1.82) is 0 Å². The fourth-order valence-corrected chi connectivity index (χ4v) is 6.87. The van der Waals surface area contributed by atoms with Crippen LogP contribution in [0.15, 0.2) is 18.2 Å². The number of Topliss-reactive ketones (excluding diaryl/α,β-unsaturated/α-hetero) is 1. The number of ether oxygens (including phenoxy) is 4. The Morgan fingerprint density at radius 2 is 1.75 bits per heavy atom. The van der Waals surface area contributed by atoms with Crippen LogP contribution in [0.1, 0.15) is 75.8 Å². The van der Waals surface area contributed by atoms with Gasteiger partial charge in [0.1, 0.15) is 22.8 Å². The summed E-state index contributed by atoms with van der Waals surface area (Å²) in [6.07, 6.45) is -4.07. The van der Waals surface area contributed by atoms with Crippen molar-refractivity contribution in [3.63, 3.8) is 0 Å². The van der Waals surface area contributed by atoms with Crippen LogP contribution in [0.2, 0.25) is 0 Å². The molecule has 0 saturated carbocycles. The SMILES string of the molecule is COc1cccc2c1C(=O)c1c(O)c3c(c(O)c1C2=O)C[C@@](O)(C(C)=O)C[C@@H]3O[C@H]1C[C@H](N2CCOCC2)[C@H](O)[C@H](C)O1.Cl. The zero-order valence-electron chi connectivity index (χ0n) is 24.6. The highest BCUT2D eigenvalue weighted by Crippen LogP contribution is 2.52. The summed E-state index contributed by atoms with van der Waals surface area (Å²) < 4.78 is 23.1. The molecule has 4 N–H and O–H groups in total. The lowest BCUT2D eigenvalue weighted by Crippen LogP contribution is -2.58. The minimum Gasteiger partial charge on any atom is -0.507 e. The molecule has 2 aliphatic heterocycles. The van der Waals surface area contributed by atoms with E-state index in [1.165, 1.54) is 32.2 Å². The summed E-state index contributed by atoms with van der Waals surface area (Å²) in [4.78, 5) is 42.2. The standard InChI is InChI=1S/C31H35NO11.ClH/c1-14-26(34)18(32-7-9-41-10-8-32)11-21(42-14)43-20-13-31(39,15(2)33)12-17-23(20)30(38)25-24(28(17)36)27(35)16-5-4-6-19(40-3)22(16)29(25)37;/h4-6,14,18,20-21,26,34,36,38-39H,7-13H2,1-3H3;1H/t14-,18-,20-,21-,26+,31-;/m0./s1. The summed E-state index contributed by atoms with van der Waals surface area (Å²) in [5.74, 6) is -3.08. The molecule has 2 aliphatic carbocycles. The molecule has 6 atom stereocenters. The Morgan fingerprint density at radius 1 is 1.07 bits per heavy atom. The molecule has 44 heavy (non-hydrogen) atoms. The van der Waals surface area contributed by atoms with Crippen LogP contribution >= 0.6 is 12.4 Å². The van der Waals surface area contributed by atoms with Crippen LogP contribution < -0.4 is 4.74 Å². The lowest BCUT2D eigenvalue weighted by Gasteiger charge is -2.46. The Morgan fingerprint density at radius 3 is 2.41 bits per heavy atom. The summed E-state index contributed by atoms with van der Waals surface area (Å²) in [5.41, 5.74) is -2.93. The van der Waals surface area contributed by atoms with Gasteiger partial charge in [0.15, 0.2) is 17.9 Å². The maximum absolute atomic E-state index is 13.8. The molecule has 2 fully saturated rings. The van der Waals surface area contributed by atoms with E-state index in [0.717, 1.165) is 0 Å². The predicted molar refractivity (Wildman–Crippen MR) is 156 cm³/mol. The Balaban J connectivity index is 0.00000384. The summed E-state index contributed by atoms with van der Waals surface area (Å²) in [6.45, 7) is 5.18. The zero-order valence-corrected chi connectivity index (χ0v) is 25.4. The fraction of sp³-hybridized carbons (Fsp3) is 0.516. The molecular weight excluding hydrogens is 598 g/mol. The van der Waals surface area contributed by atoms with Crippen LogP contribution in [-0.2, 0) is 25.4 Å². The van der Waals surface area contributed by atoms with Gasteiger partial charge in [-0.05, 0) is 19.9 Å². The first-order valence-corrected chi connectivity index (χ1v) is 14.4. The number of carbonyl (C=O) groups excluding carboxylic acids is 3. The summed E-state index contributed by atoms with van der Waals surface area (Å²) in [6, 6.07) is 4.15. The lowest BCUT2D eigenvalue weighted by atomic mass is 9.72. The number of hydrogen-bond donors (Lipinski definition) is 4. The normalized spacial score (nSPS) is 30.1. The molecule has 6 rings (SSSR count). The number of methoxy groups -OCH3 is 1. The van der Waals surface area contributed by atoms with Crippen molar-refractivity contribution in [3.05, 3.63) is 51.6 Å². The fourth-order valence-electron chi connectivity index (χ4n) is 6.87. The maximum Gasteiger partial charge on any atom is 0.202 e. The second kappa shape index (κ2) is 12.0. The Labute approximate surface area is 259 Å². The number of phenols is 2. The van der Waals surface area contributed by atoms with Crippen molar-refractivity contribution in [1.82, 2.24) is 4.90 Å². The molecule has 0 unspecified atom stereocenters. The van der Waals surface area contributed by atoms with Crippen molar-refractivity contribution >= 4 is 29.8 Å². The number of ketones is 3. The third kappa shape index (κ3) is 5.08. The van der Waals surface area contributed by atoms with Gasteiger partial charge in [-0.15, -0.1) is 12.4 Å². The van der Waals surface area contributed by atoms with Gasteiger partial charge in [-0.3, -0.25) is 19.3 Å².